The van der Waals surface area contributed by atoms with Gasteiger partial charge in [-0.15, -0.1) is 0 Å². The first-order valence-corrected chi connectivity index (χ1v) is 9.30. The molecule has 1 heterocycles. The largest absolute Gasteiger partial charge is 0.464 e. The van der Waals surface area contributed by atoms with Gasteiger partial charge in [-0.3, -0.25) is 0 Å². The lowest BCUT2D eigenvalue weighted by Gasteiger charge is -2.14. The highest BCUT2D eigenvalue weighted by molar-refractivity contribution is 9.10. The number of aromatic nitrogens is 1. The van der Waals surface area contributed by atoms with E-state index in [-0.39, 0.29) is 45.0 Å². The van der Waals surface area contributed by atoms with E-state index in [1.165, 1.54) is 29.0 Å². The number of esters is 1. The average Bonchev–Trinajstić information content (AvgIpc) is 3.06. The molecule has 0 bridgehead atoms. The highest BCUT2D eigenvalue weighted by atomic mass is 79.9. The minimum Gasteiger partial charge on any atom is -0.464 e. The second-order valence-corrected chi connectivity index (χ2v) is 7.12. The molecular weight excluding hydrogens is 505 g/mol. The number of hydrogen-bond donors (Lipinski definition) is 1. The summed E-state index contributed by atoms with van der Waals surface area (Å²) in [5.41, 5.74) is 4.15. The van der Waals surface area contributed by atoms with Crippen LogP contribution in [0.1, 0.15) is 21.6 Å². The van der Waals surface area contributed by atoms with Gasteiger partial charge in [-0.05, 0) is 40.2 Å². The Balaban J connectivity index is 2.10. The van der Waals surface area contributed by atoms with Crippen LogP contribution in [0.25, 0.3) is 5.69 Å². The molecule has 0 unspecified atom stereocenters. The fraction of sp³-hybridized carbons (Fsp3) is 0.100. The molecule has 0 atom stereocenters. The van der Waals surface area contributed by atoms with Crippen molar-refractivity contribution >= 4 is 27.6 Å². The number of nitrogens with two attached hydrogens (primary N) is 1. The minimum atomic E-state index is -4.95. The summed E-state index contributed by atoms with van der Waals surface area (Å²) in [4.78, 5) is 12.1. The highest BCUT2D eigenvalue weighted by Gasteiger charge is 2.33. The summed E-state index contributed by atoms with van der Waals surface area (Å²) >= 11 is 3.12. The van der Waals surface area contributed by atoms with E-state index in [0.29, 0.717) is 0 Å². The number of anilines is 1. The zero-order chi connectivity index (χ0) is 23.8. The molecule has 0 aliphatic rings. The van der Waals surface area contributed by atoms with Crippen LogP contribution in [0.15, 0.2) is 41.0 Å². The predicted octanol–water partition coefficient (Wildman–Crippen LogP) is 5.57. The van der Waals surface area contributed by atoms with Gasteiger partial charge in [0.15, 0.2) is 23.1 Å². The summed E-state index contributed by atoms with van der Waals surface area (Å²) in [5.74, 6) is -5.24. The van der Waals surface area contributed by atoms with Gasteiger partial charge >= 0.3 is 12.1 Å². The summed E-state index contributed by atoms with van der Waals surface area (Å²) in [6.07, 6.45) is -3.70. The van der Waals surface area contributed by atoms with Gasteiger partial charge in [-0.1, -0.05) is 0 Å². The summed E-state index contributed by atoms with van der Waals surface area (Å²) in [6.45, 7) is 0. The molecule has 0 saturated carbocycles. The lowest BCUT2D eigenvalue weighted by Crippen LogP contribution is -2.11. The average molecular weight is 516 g/mol. The smallest absolute Gasteiger partial charge is 0.416 e. The second kappa shape index (κ2) is 8.51. The number of methoxy groups -OCH3 is 1. The van der Waals surface area contributed by atoms with Crippen molar-refractivity contribution in [3.8, 4) is 23.3 Å². The molecule has 32 heavy (non-hydrogen) atoms. The number of rotatable bonds is 4. The lowest BCUT2D eigenvalue weighted by molar-refractivity contribution is -0.138. The molecule has 0 saturated heterocycles. The van der Waals surface area contributed by atoms with E-state index in [2.05, 4.69) is 20.7 Å². The van der Waals surface area contributed by atoms with Gasteiger partial charge < -0.3 is 19.8 Å². The topological polar surface area (TPSA) is 90.3 Å². The number of ether oxygens (including phenoxy) is 2. The second-order valence-electron chi connectivity index (χ2n) is 6.26. The van der Waals surface area contributed by atoms with Crippen LogP contribution in [-0.2, 0) is 10.9 Å². The van der Waals surface area contributed by atoms with E-state index < -0.39 is 35.1 Å². The maximum absolute atomic E-state index is 14.2. The van der Waals surface area contributed by atoms with Crippen LogP contribution >= 0.6 is 15.9 Å². The van der Waals surface area contributed by atoms with Crippen LogP contribution in [0, 0.1) is 23.0 Å². The number of nitrogens with zero attached hydrogens (tertiary/aromatic N) is 2. The minimum absolute atomic E-state index is 0.0318. The van der Waals surface area contributed by atoms with Crippen molar-refractivity contribution in [3.05, 3.63) is 69.5 Å². The number of benzene rings is 2. The van der Waals surface area contributed by atoms with Gasteiger partial charge in [0.2, 0.25) is 0 Å². The first kappa shape index (κ1) is 23.1. The third-order valence-electron chi connectivity index (χ3n) is 4.27. The number of carbonyl (C=O) groups is 1. The molecule has 12 heteroatoms. The van der Waals surface area contributed by atoms with Crippen molar-refractivity contribution in [3.63, 3.8) is 0 Å². The third-order valence-corrected chi connectivity index (χ3v) is 4.93. The third kappa shape index (κ3) is 4.24. The molecular formula is C20H11BrF5N3O3. The molecule has 0 fully saturated rings. The van der Waals surface area contributed by atoms with Crippen LogP contribution in [0.2, 0.25) is 0 Å². The van der Waals surface area contributed by atoms with Crippen molar-refractivity contribution in [2.24, 2.45) is 0 Å². The molecule has 0 spiro atoms. The van der Waals surface area contributed by atoms with Gasteiger partial charge in [0, 0.05) is 18.0 Å². The lowest BCUT2D eigenvalue weighted by atomic mass is 10.2. The number of hydrogen-bond acceptors (Lipinski definition) is 5. The van der Waals surface area contributed by atoms with Gasteiger partial charge in [0.25, 0.3) is 0 Å². The zero-order valence-electron chi connectivity index (χ0n) is 15.9. The van der Waals surface area contributed by atoms with E-state index in [0.717, 1.165) is 7.11 Å². The molecule has 0 aliphatic carbocycles. The van der Waals surface area contributed by atoms with E-state index in [1.54, 1.807) is 0 Å². The Morgan fingerprint density at radius 2 is 1.81 bits per heavy atom. The Kier molecular flexibility index (Phi) is 6.13. The van der Waals surface area contributed by atoms with Gasteiger partial charge in [-0.2, -0.15) is 18.4 Å². The first-order chi connectivity index (χ1) is 15.0. The van der Waals surface area contributed by atoms with Crippen LogP contribution in [0.4, 0.5) is 27.6 Å². The van der Waals surface area contributed by atoms with Crippen LogP contribution in [-0.4, -0.2) is 17.6 Å². The molecule has 2 N–H and O–H groups in total. The maximum Gasteiger partial charge on any atom is 0.416 e. The van der Waals surface area contributed by atoms with Crippen LogP contribution in [0.3, 0.4) is 0 Å². The molecule has 0 radical (unpaired) electrons. The Bertz CT molecular complexity index is 1240. The Morgan fingerprint density at radius 1 is 1.19 bits per heavy atom. The summed E-state index contributed by atoms with van der Waals surface area (Å²) in [5, 5.41) is 9.20. The molecule has 0 aliphatic heterocycles. The van der Waals surface area contributed by atoms with Gasteiger partial charge in [0.05, 0.1) is 28.4 Å². The molecule has 0 amide bonds. The Morgan fingerprint density at radius 3 is 2.34 bits per heavy atom. The fourth-order valence-corrected chi connectivity index (χ4v) is 3.10. The SMILES string of the molecule is COC(=O)c1c(N)c(C#N)cn1-c1ccc(Br)c(Oc2c(F)cc(C(F)(F)F)cc2F)c1. The molecule has 1 aromatic heterocycles. The zero-order valence-corrected chi connectivity index (χ0v) is 17.5. The van der Waals surface area contributed by atoms with Crippen molar-refractivity contribution in [1.82, 2.24) is 4.57 Å². The molecule has 3 aromatic rings. The summed E-state index contributed by atoms with van der Waals surface area (Å²) < 4.78 is 77.9. The van der Waals surface area contributed by atoms with E-state index in [9.17, 15) is 32.0 Å². The number of alkyl halides is 3. The number of nitrogen functional groups attached to an aromatic ring is 1. The summed E-state index contributed by atoms with van der Waals surface area (Å²) in [6, 6.07) is 6.12. The highest BCUT2D eigenvalue weighted by Crippen LogP contribution is 2.38. The Labute approximate surface area is 185 Å². The Hall–Kier alpha value is -3.59. The standard InChI is InChI=1S/C20H11BrF5N3O3/c1-31-19(30)17-16(28)9(7-27)8-29(17)11-2-3-12(21)15(6-11)32-18-13(22)4-10(5-14(18)23)20(24,25)26/h2-6,8H,28H2,1H3. The normalized spacial score (nSPS) is 11.2. The van der Waals surface area contributed by atoms with Crippen molar-refractivity contribution < 1.29 is 36.2 Å². The number of halogens is 6. The fourth-order valence-electron chi connectivity index (χ4n) is 2.77. The van der Waals surface area contributed by atoms with Crippen molar-refractivity contribution in [2.45, 2.75) is 6.18 Å². The molecule has 3 rings (SSSR count). The maximum atomic E-state index is 14.2. The molecule has 2 aromatic carbocycles. The quantitative estimate of drug-likeness (QED) is 0.362. The van der Waals surface area contributed by atoms with E-state index in [4.69, 9.17) is 10.5 Å². The van der Waals surface area contributed by atoms with Gasteiger partial charge in [-0.25, -0.2) is 13.6 Å². The van der Waals surface area contributed by atoms with E-state index >= 15 is 0 Å². The van der Waals surface area contributed by atoms with Gasteiger partial charge in [0.1, 0.15) is 11.8 Å². The van der Waals surface area contributed by atoms with Crippen LogP contribution in [0.5, 0.6) is 11.5 Å². The van der Waals surface area contributed by atoms with Crippen LogP contribution < -0.4 is 10.5 Å². The summed E-state index contributed by atoms with van der Waals surface area (Å²) in [7, 11) is 1.11. The first-order valence-electron chi connectivity index (χ1n) is 8.51. The molecule has 6 nitrogen and oxygen atoms in total. The van der Waals surface area contributed by atoms with Crippen molar-refractivity contribution in [2.75, 3.05) is 12.8 Å². The molecule has 166 valence electrons. The number of nitriles is 1. The van der Waals surface area contributed by atoms with Crippen molar-refractivity contribution in [1.29, 1.82) is 5.26 Å². The number of carbonyl (C=O) groups excluding carboxylic acids is 1. The predicted molar refractivity (Wildman–Crippen MR) is 105 cm³/mol. The monoisotopic (exact) mass is 515 g/mol. The van der Waals surface area contributed by atoms with E-state index in [1.807, 2.05) is 6.07 Å².